The summed E-state index contributed by atoms with van der Waals surface area (Å²) in [6.07, 6.45) is 0.184. The molecule has 0 bridgehead atoms. The number of amides is 2. The first-order valence-corrected chi connectivity index (χ1v) is 9.05. The van der Waals surface area contributed by atoms with E-state index < -0.39 is 0 Å². The summed E-state index contributed by atoms with van der Waals surface area (Å²) in [5.41, 5.74) is 2.88. The molecule has 5 heteroatoms. The molecule has 5 nitrogen and oxygen atoms in total. The van der Waals surface area contributed by atoms with Crippen molar-refractivity contribution in [3.63, 3.8) is 0 Å². The molecule has 0 aliphatic carbocycles. The van der Waals surface area contributed by atoms with Gasteiger partial charge < -0.3 is 15.7 Å². The summed E-state index contributed by atoms with van der Waals surface area (Å²) < 4.78 is 0. The minimum Gasteiger partial charge on any atom is -0.508 e. The fourth-order valence-electron chi connectivity index (χ4n) is 2.91. The maximum absolute atomic E-state index is 12.3. The first-order valence-electron chi connectivity index (χ1n) is 9.05. The number of anilines is 1. The van der Waals surface area contributed by atoms with E-state index in [2.05, 4.69) is 10.6 Å². The van der Waals surface area contributed by atoms with E-state index >= 15 is 0 Å². The van der Waals surface area contributed by atoms with Gasteiger partial charge in [-0.25, -0.2) is 0 Å². The van der Waals surface area contributed by atoms with E-state index in [9.17, 15) is 14.7 Å². The third-order valence-electron chi connectivity index (χ3n) is 4.33. The zero-order valence-corrected chi connectivity index (χ0v) is 15.6. The Morgan fingerprint density at radius 1 is 0.929 bits per heavy atom. The van der Waals surface area contributed by atoms with E-state index in [-0.39, 0.29) is 30.0 Å². The zero-order valence-electron chi connectivity index (χ0n) is 15.6. The largest absolute Gasteiger partial charge is 0.508 e. The van der Waals surface area contributed by atoms with Gasteiger partial charge in [0.1, 0.15) is 5.75 Å². The van der Waals surface area contributed by atoms with Gasteiger partial charge in [-0.1, -0.05) is 42.5 Å². The highest BCUT2D eigenvalue weighted by molar-refractivity contribution is 6.04. The van der Waals surface area contributed by atoms with Gasteiger partial charge in [0.15, 0.2) is 0 Å². The molecule has 0 aromatic heterocycles. The van der Waals surface area contributed by atoms with Crippen molar-refractivity contribution < 1.29 is 14.7 Å². The molecule has 1 atom stereocenters. The van der Waals surface area contributed by atoms with E-state index in [0.29, 0.717) is 11.3 Å². The normalized spacial score (nSPS) is 11.5. The Labute approximate surface area is 164 Å². The van der Waals surface area contributed by atoms with Crippen molar-refractivity contribution in [1.82, 2.24) is 5.32 Å². The van der Waals surface area contributed by atoms with E-state index in [1.165, 1.54) is 0 Å². The standard InChI is InChI=1S/C23H22N2O3/c1-16(24-22(27)14-17-7-5-12-21(26)13-17)19-10-6-11-20(15-19)25-23(28)18-8-3-2-4-9-18/h2-13,15-16,26H,14H2,1H3,(H,24,27)(H,25,28). The molecule has 0 aliphatic rings. The van der Waals surface area contributed by atoms with Crippen LogP contribution < -0.4 is 10.6 Å². The van der Waals surface area contributed by atoms with Crippen LogP contribution in [-0.4, -0.2) is 16.9 Å². The molecule has 1 unspecified atom stereocenters. The van der Waals surface area contributed by atoms with Gasteiger partial charge in [-0.3, -0.25) is 9.59 Å². The molecule has 0 radical (unpaired) electrons. The third-order valence-corrected chi connectivity index (χ3v) is 4.33. The molecule has 0 saturated heterocycles. The molecule has 3 rings (SSSR count). The topological polar surface area (TPSA) is 78.4 Å². The van der Waals surface area contributed by atoms with Crippen LogP contribution in [0.3, 0.4) is 0 Å². The van der Waals surface area contributed by atoms with Gasteiger partial charge in [0.05, 0.1) is 12.5 Å². The molecule has 0 aliphatic heterocycles. The third kappa shape index (κ3) is 5.20. The molecule has 142 valence electrons. The number of nitrogens with one attached hydrogen (secondary N) is 2. The van der Waals surface area contributed by atoms with Crippen LogP contribution in [0.1, 0.15) is 34.5 Å². The maximum atomic E-state index is 12.3. The number of phenolic OH excluding ortho intramolecular Hbond substituents is 1. The van der Waals surface area contributed by atoms with E-state index in [1.807, 2.05) is 49.4 Å². The van der Waals surface area contributed by atoms with Crippen LogP contribution in [0, 0.1) is 0 Å². The molecule has 3 N–H and O–H groups in total. The number of phenols is 1. The molecule has 3 aromatic rings. The first-order chi connectivity index (χ1) is 13.5. The molecule has 3 aromatic carbocycles. The highest BCUT2D eigenvalue weighted by Gasteiger charge is 2.12. The average Bonchev–Trinajstić information content (AvgIpc) is 2.68. The van der Waals surface area contributed by atoms with Crippen molar-refractivity contribution in [1.29, 1.82) is 0 Å². The van der Waals surface area contributed by atoms with Gasteiger partial charge in [0.25, 0.3) is 5.91 Å². The van der Waals surface area contributed by atoms with Crippen molar-refractivity contribution in [2.24, 2.45) is 0 Å². The number of carbonyl (C=O) groups excluding carboxylic acids is 2. The van der Waals surface area contributed by atoms with Crippen LogP contribution in [0.5, 0.6) is 5.75 Å². The van der Waals surface area contributed by atoms with Crippen LogP contribution in [0.15, 0.2) is 78.9 Å². The monoisotopic (exact) mass is 374 g/mol. The smallest absolute Gasteiger partial charge is 0.255 e. The fraction of sp³-hybridized carbons (Fsp3) is 0.130. The predicted molar refractivity (Wildman–Crippen MR) is 109 cm³/mol. The SMILES string of the molecule is CC(NC(=O)Cc1cccc(O)c1)c1cccc(NC(=O)c2ccccc2)c1. The van der Waals surface area contributed by atoms with Gasteiger partial charge in [-0.2, -0.15) is 0 Å². The summed E-state index contributed by atoms with van der Waals surface area (Å²) in [5.74, 6) is -0.185. The predicted octanol–water partition coefficient (Wildman–Crippen LogP) is 4.06. The van der Waals surface area contributed by atoms with Gasteiger partial charge in [0, 0.05) is 11.3 Å². The highest BCUT2D eigenvalue weighted by Crippen LogP contribution is 2.19. The Morgan fingerprint density at radius 2 is 1.68 bits per heavy atom. The Kier molecular flexibility index (Phi) is 6.07. The van der Waals surface area contributed by atoms with Crippen LogP contribution in [-0.2, 0) is 11.2 Å². The lowest BCUT2D eigenvalue weighted by atomic mass is 10.1. The Hall–Kier alpha value is -3.60. The van der Waals surface area contributed by atoms with Crippen molar-refractivity contribution in [3.05, 3.63) is 95.6 Å². The minimum absolute atomic E-state index is 0.139. The molecular weight excluding hydrogens is 352 g/mol. The summed E-state index contributed by atoms with van der Waals surface area (Å²) in [7, 11) is 0. The maximum Gasteiger partial charge on any atom is 0.255 e. The highest BCUT2D eigenvalue weighted by atomic mass is 16.3. The molecule has 0 fully saturated rings. The lowest BCUT2D eigenvalue weighted by Gasteiger charge is -2.16. The van der Waals surface area contributed by atoms with Crippen LogP contribution in [0.25, 0.3) is 0 Å². The second-order valence-electron chi connectivity index (χ2n) is 6.58. The van der Waals surface area contributed by atoms with Crippen molar-refractivity contribution in [2.45, 2.75) is 19.4 Å². The van der Waals surface area contributed by atoms with Crippen LogP contribution in [0.4, 0.5) is 5.69 Å². The molecular formula is C23H22N2O3. The van der Waals surface area contributed by atoms with E-state index in [1.54, 1.807) is 36.4 Å². The summed E-state index contributed by atoms with van der Waals surface area (Å²) in [6.45, 7) is 1.89. The number of benzene rings is 3. The summed E-state index contributed by atoms with van der Waals surface area (Å²) in [6, 6.07) is 22.8. The Bertz CT molecular complexity index is 970. The molecule has 0 heterocycles. The van der Waals surface area contributed by atoms with Gasteiger partial charge in [-0.05, 0) is 54.4 Å². The second-order valence-corrected chi connectivity index (χ2v) is 6.58. The summed E-state index contributed by atoms with van der Waals surface area (Å²) >= 11 is 0. The number of rotatable bonds is 6. The van der Waals surface area contributed by atoms with Gasteiger partial charge in [-0.15, -0.1) is 0 Å². The quantitative estimate of drug-likeness (QED) is 0.609. The lowest BCUT2D eigenvalue weighted by Crippen LogP contribution is -2.28. The Balaban J connectivity index is 1.62. The Morgan fingerprint density at radius 3 is 2.43 bits per heavy atom. The first kappa shape index (κ1) is 19.2. The molecule has 0 saturated carbocycles. The van der Waals surface area contributed by atoms with Gasteiger partial charge >= 0.3 is 0 Å². The van der Waals surface area contributed by atoms with Crippen molar-refractivity contribution in [2.75, 3.05) is 5.32 Å². The zero-order chi connectivity index (χ0) is 19.9. The second kappa shape index (κ2) is 8.86. The van der Waals surface area contributed by atoms with E-state index in [4.69, 9.17) is 0 Å². The molecule has 2 amide bonds. The van der Waals surface area contributed by atoms with Gasteiger partial charge in [0.2, 0.25) is 5.91 Å². The number of aromatic hydroxyl groups is 1. The average molecular weight is 374 g/mol. The fourth-order valence-corrected chi connectivity index (χ4v) is 2.91. The van der Waals surface area contributed by atoms with Crippen molar-refractivity contribution in [3.8, 4) is 5.75 Å². The minimum atomic E-state index is -0.224. The number of hydrogen-bond donors (Lipinski definition) is 3. The summed E-state index contributed by atoms with van der Waals surface area (Å²) in [4.78, 5) is 24.6. The van der Waals surface area contributed by atoms with Crippen molar-refractivity contribution >= 4 is 17.5 Å². The van der Waals surface area contributed by atoms with Crippen LogP contribution >= 0.6 is 0 Å². The lowest BCUT2D eigenvalue weighted by molar-refractivity contribution is -0.121. The number of hydrogen-bond acceptors (Lipinski definition) is 3. The number of carbonyl (C=O) groups is 2. The molecule has 28 heavy (non-hydrogen) atoms. The van der Waals surface area contributed by atoms with E-state index in [0.717, 1.165) is 11.1 Å². The summed E-state index contributed by atoms with van der Waals surface area (Å²) in [5, 5.41) is 15.3. The molecule has 0 spiro atoms. The van der Waals surface area contributed by atoms with Crippen LogP contribution in [0.2, 0.25) is 0 Å².